The van der Waals surface area contributed by atoms with Crippen molar-refractivity contribution in [3.05, 3.63) is 66.0 Å². The van der Waals surface area contributed by atoms with Crippen LogP contribution in [0.5, 0.6) is 5.75 Å². The van der Waals surface area contributed by atoms with Gasteiger partial charge in [0.05, 0.1) is 6.54 Å². The van der Waals surface area contributed by atoms with Crippen molar-refractivity contribution in [3.8, 4) is 5.75 Å². The molecule has 0 aliphatic carbocycles. The standard InChI is InChI=1S/C19H18FNO5/c20-14-6-8-15(9-7-14)26-16-10-17(18(22)23)21(11-16)19(24)25-12-13-4-2-1-3-5-13/h1-9,16-17H,10-12H2,(H,22,23)/t16-,17-/m0/s1. The summed E-state index contributed by atoms with van der Waals surface area (Å²) < 4.78 is 23.9. The number of rotatable bonds is 5. The highest BCUT2D eigenvalue weighted by Crippen LogP contribution is 2.24. The lowest BCUT2D eigenvalue weighted by Gasteiger charge is -2.20. The summed E-state index contributed by atoms with van der Waals surface area (Å²) in [6, 6.07) is 13.5. The van der Waals surface area contributed by atoms with Crippen molar-refractivity contribution in [2.45, 2.75) is 25.2 Å². The highest BCUT2D eigenvalue weighted by Gasteiger charge is 2.41. The maximum Gasteiger partial charge on any atom is 0.410 e. The van der Waals surface area contributed by atoms with Crippen LogP contribution in [0.1, 0.15) is 12.0 Å². The Balaban J connectivity index is 1.62. The van der Waals surface area contributed by atoms with Gasteiger partial charge in [-0.05, 0) is 29.8 Å². The lowest BCUT2D eigenvalue weighted by molar-refractivity contribution is -0.141. The first-order chi connectivity index (χ1) is 12.5. The number of ether oxygens (including phenoxy) is 2. The Labute approximate surface area is 149 Å². The number of hydrogen-bond donors (Lipinski definition) is 1. The number of carboxylic acids is 1. The normalized spacial score (nSPS) is 19.2. The molecule has 2 aromatic carbocycles. The fraction of sp³-hybridized carbons (Fsp3) is 0.263. The molecule has 1 N–H and O–H groups in total. The van der Waals surface area contributed by atoms with Crippen LogP contribution in [0.2, 0.25) is 0 Å². The van der Waals surface area contributed by atoms with Crippen LogP contribution in [-0.4, -0.2) is 40.8 Å². The number of carbonyl (C=O) groups is 2. The average molecular weight is 359 g/mol. The molecule has 2 atom stereocenters. The second kappa shape index (κ2) is 7.86. The van der Waals surface area contributed by atoms with Crippen molar-refractivity contribution in [2.24, 2.45) is 0 Å². The van der Waals surface area contributed by atoms with Gasteiger partial charge in [-0.25, -0.2) is 14.0 Å². The molecule has 6 nitrogen and oxygen atoms in total. The first-order valence-electron chi connectivity index (χ1n) is 8.15. The summed E-state index contributed by atoms with van der Waals surface area (Å²) in [5.74, 6) is -1.09. The van der Waals surface area contributed by atoms with Gasteiger partial charge in [-0.15, -0.1) is 0 Å². The van der Waals surface area contributed by atoms with Crippen LogP contribution in [-0.2, 0) is 16.1 Å². The zero-order valence-corrected chi connectivity index (χ0v) is 13.9. The molecule has 1 heterocycles. The van der Waals surface area contributed by atoms with E-state index < -0.39 is 30.0 Å². The molecular formula is C19H18FNO5. The Morgan fingerprint density at radius 2 is 1.81 bits per heavy atom. The Morgan fingerprint density at radius 3 is 2.46 bits per heavy atom. The van der Waals surface area contributed by atoms with Crippen molar-refractivity contribution in [1.29, 1.82) is 0 Å². The van der Waals surface area contributed by atoms with Gasteiger partial charge in [0.2, 0.25) is 0 Å². The van der Waals surface area contributed by atoms with Crippen molar-refractivity contribution in [1.82, 2.24) is 4.90 Å². The van der Waals surface area contributed by atoms with Gasteiger partial charge in [0, 0.05) is 6.42 Å². The average Bonchev–Trinajstić information content (AvgIpc) is 3.07. The van der Waals surface area contributed by atoms with Crippen LogP contribution in [0.15, 0.2) is 54.6 Å². The van der Waals surface area contributed by atoms with Crippen molar-refractivity contribution >= 4 is 12.1 Å². The van der Waals surface area contributed by atoms with Gasteiger partial charge in [0.25, 0.3) is 0 Å². The maximum absolute atomic E-state index is 13.0. The summed E-state index contributed by atoms with van der Waals surface area (Å²) in [7, 11) is 0. The minimum Gasteiger partial charge on any atom is -0.488 e. The van der Waals surface area contributed by atoms with Crippen LogP contribution in [0, 0.1) is 5.82 Å². The van der Waals surface area contributed by atoms with E-state index in [-0.39, 0.29) is 19.6 Å². The highest BCUT2D eigenvalue weighted by atomic mass is 19.1. The molecule has 0 bridgehead atoms. The second-order valence-corrected chi connectivity index (χ2v) is 5.98. The number of carboxylic acid groups (broad SMARTS) is 1. The smallest absolute Gasteiger partial charge is 0.410 e. The van der Waals surface area contributed by atoms with Gasteiger partial charge in [0.1, 0.15) is 30.3 Å². The van der Waals surface area contributed by atoms with Crippen molar-refractivity contribution < 1.29 is 28.6 Å². The molecule has 2 aromatic rings. The minimum absolute atomic E-state index is 0.0615. The van der Waals surface area contributed by atoms with E-state index in [0.717, 1.165) is 10.5 Å². The van der Waals surface area contributed by atoms with Crippen LogP contribution < -0.4 is 4.74 Å². The van der Waals surface area contributed by atoms with Crippen LogP contribution >= 0.6 is 0 Å². The van der Waals surface area contributed by atoms with Gasteiger partial charge in [-0.2, -0.15) is 0 Å². The number of likely N-dealkylation sites (tertiary alicyclic amines) is 1. The fourth-order valence-corrected chi connectivity index (χ4v) is 2.83. The van der Waals surface area contributed by atoms with Gasteiger partial charge >= 0.3 is 12.1 Å². The number of halogens is 1. The molecule has 26 heavy (non-hydrogen) atoms. The Hall–Kier alpha value is -3.09. The molecule has 1 saturated heterocycles. The molecule has 1 aliphatic heterocycles. The number of nitrogens with zero attached hydrogens (tertiary/aromatic N) is 1. The molecule has 1 amide bonds. The van der Waals surface area contributed by atoms with E-state index in [1.165, 1.54) is 24.3 Å². The zero-order chi connectivity index (χ0) is 18.5. The Morgan fingerprint density at radius 1 is 1.12 bits per heavy atom. The van der Waals surface area contributed by atoms with E-state index >= 15 is 0 Å². The molecule has 0 saturated carbocycles. The summed E-state index contributed by atoms with van der Waals surface area (Å²) in [4.78, 5) is 24.9. The molecule has 0 radical (unpaired) electrons. The van der Waals surface area contributed by atoms with Crippen LogP contribution in [0.3, 0.4) is 0 Å². The predicted molar refractivity (Wildman–Crippen MR) is 90.2 cm³/mol. The van der Waals surface area contributed by atoms with Crippen LogP contribution in [0.25, 0.3) is 0 Å². The largest absolute Gasteiger partial charge is 0.488 e. The van der Waals surface area contributed by atoms with E-state index in [9.17, 15) is 19.1 Å². The Bertz CT molecular complexity index is 765. The van der Waals surface area contributed by atoms with E-state index in [0.29, 0.717) is 5.75 Å². The summed E-state index contributed by atoms with van der Waals surface area (Å²) >= 11 is 0. The number of carbonyl (C=O) groups excluding carboxylic acids is 1. The number of benzene rings is 2. The van der Waals surface area contributed by atoms with Gasteiger partial charge in [-0.3, -0.25) is 4.90 Å². The molecular weight excluding hydrogens is 341 g/mol. The molecule has 3 rings (SSSR count). The third-order valence-electron chi connectivity index (χ3n) is 4.10. The van der Waals surface area contributed by atoms with E-state index in [4.69, 9.17) is 9.47 Å². The molecule has 1 fully saturated rings. The minimum atomic E-state index is -1.12. The lowest BCUT2D eigenvalue weighted by atomic mass is 10.2. The topological polar surface area (TPSA) is 76.1 Å². The number of amides is 1. The quantitative estimate of drug-likeness (QED) is 0.888. The molecule has 136 valence electrons. The Kier molecular flexibility index (Phi) is 5.36. The summed E-state index contributed by atoms with van der Waals surface area (Å²) in [5.41, 5.74) is 0.811. The first-order valence-corrected chi connectivity index (χ1v) is 8.15. The van der Waals surface area contributed by atoms with Crippen LogP contribution in [0.4, 0.5) is 9.18 Å². The SMILES string of the molecule is O=C(O)[C@@H]1C[C@H](Oc2ccc(F)cc2)CN1C(=O)OCc1ccccc1. The third kappa shape index (κ3) is 4.30. The second-order valence-electron chi connectivity index (χ2n) is 5.98. The van der Waals surface area contributed by atoms with Gasteiger partial charge < -0.3 is 14.6 Å². The predicted octanol–water partition coefficient (Wildman–Crippen LogP) is 3.07. The molecule has 0 spiro atoms. The highest BCUT2D eigenvalue weighted by molar-refractivity contribution is 5.81. The monoisotopic (exact) mass is 359 g/mol. The third-order valence-corrected chi connectivity index (χ3v) is 4.10. The maximum atomic E-state index is 13.0. The van der Waals surface area contributed by atoms with E-state index in [2.05, 4.69) is 0 Å². The molecule has 7 heteroatoms. The van der Waals surface area contributed by atoms with E-state index in [1.807, 2.05) is 30.3 Å². The zero-order valence-electron chi connectivity index (χ0n) is 13.9. The van der Waals surface area contributed by atoms with E-state index in [1.54, 1.807) is 0 Å². The number of hydrogen-bond acceptors (Lipinski definition) is 4. The fourth-order valence-electron chi connectivity index (χ4n) is 2.83. The molecule has 1 aliphatic rings. The van der Waals surface area contributed by atoms with Gasteiger partial charge in [-0.1, -0.05) is 30.3 Å². The summed E-state index contributed by atoms with van der Waals surface area (Å²) in [6.45, 7) is 0.147. The lowest BCUT2D eigenvalue weighted by Crippen LogP contribution is -2.40. The van der Waals surface area contributed by atoms with Crippen molar-refractivity contribution in [3.63, 3.8) is 0 Å². The summed E-state index contributed by atoms with van der Waals surface area (Å²) in [5, 5.41) is 9.38. The summed E-state index contributed by atoms with van der Waals surface area (Å²) in [6.07, 6.45) is -1.08. The van der Waals surface area contributed by atoms with Crippen molar-refractivity contribution in [2.75, 3.05) is 6.54 Å². The van der Waals surface area contributed by atoms with Gasteiger partial charge in [0.15, 0.2) is 0 Å². The molecule has 0 unspecified atom stereocenters. The first kappa shape index (κ1) is 17.7. The molecule has 0 aromatic heterocycles. The number of aliphatic carboxylic acids is 1.